The van der Waals surface area contributed by atoms with E-state index in [0.29, 0.717) is 5.69 Å². The van der Waals surface area contributed by atoms with Crippen LogP contribution in [0.2, 0.25) is 0 Å². The number of anilines is 3. The topological polar surface area (TPSA) is 67.2 Å². The number of amides is 1. The van der Waals surface area contributed by atoms with Gasteiger partial charge in [-0.05, 0) is 25.1 Å². The second-order valence-corrected chi connectivity index (χ2v) is 3.16. The number of fused-ring (bicyclic) bond motifs is 1. The number of carbonyl (C=O) groups excluding carboxylic acids is 1. The van der Waals surface area contributed by atoms with Crippen molar-refractivity contribution in [1.29, 1.82) is 0 Å². The number of rotatable bonds is 0. The van der Waals surface area contributed by atoms with E-state index in [-0.39, 0.29) is 11.9 Å². The van der Waals surface area contributed by atoms with Crippen LogP contribution >= 0.6 is 0 Å². The maximum atomic E-state index is 11.3. The first kappa shape index (κ1) is 7.91. The summed E-state index contributed by atoms with van der Waals surface area (Å²) in [7, 11) is 0. The molecule has 68 valence electrons. The SMILES string of the molecule is CC1Nc2ccc(N)cc2NC1=O. The van der Waals surface area contributed by atoms with E-state index in [9.17, 15) is 4.79 Å². The molecule has 0 aromatic heterocycles. The molecule has 2 rings (SSSR count). The smallest absolute Gasteiger partial charge is 0.246 e. The summed E-state index contributed by atoms with van der Waals surface area (Å²) in [4.78, 5) is 11.3. The molecule has 1 unspecified atom stereocenters. The molecule has 0 saturated heterocycles. The standard InChI is InChI=1S/C9H11N3O/c1-5-9(13)12-8-4-6(10)2-3-7(8)11-5/h2-5,11H,10H2,1H3,(H,12,13). The van der Waals surface area contributed by atoms with Crippen molar-refractivity contribution in [2.45, 2.75) is 13.0 Å². The highest BCUT2D eigenvalue weighted by molar-refractivity contribution is 6.03. The Morgan fingerprint density at radius 1 is 1.38 bits per heavy atom. The van der Waals surface area contributed by atoms with Gasteiger partial charge in [0.1, 0.15) is 6.04 Å². The average molecular weight is 177 g/mol. The van der Waals surface area contributed by atoms with Crippen LogP contribution in [0.1, 0.15) is 6.92 Å². The molecule has 0 aliphatic carbocycles. The molecule has 13 heavy (non-hydrogen) atoms. The number of nitrogens with two attached hydrogens (primary N) is 1. The van der Waals surface area contributed by atoms with Gasteiger partial charge in [-0.2, -0.15) is 0 Å². The van der Waals surface area contributed by atoms with Crippen LogP contribution in [0.4, 0.5) is 17.1 Å². The number of benzene rings is 1. The van der Waals surface area contributed by atoms with Crippen molar-refractivity contribution >= 4 is 23.0 Å². The van der Waals surface area contributed by atoms with Crippen molar-refractivity contribution in [1.82, 2.24) is 0 Å². The van der Waals surface area contributed by atoms with E-state index < -0.39 is 0 Å². The Morgan fingerprint density at radius 2 is 2.15 bits per heavy atom. The Morgan fingerprint density at radius 3 is 2.92 bits per heavy atom. The maximum Gasteiger partial charge on any atom is 0.246 e. The van der Waals surface area contributed by atoms with Gasteiger partial charge in [0.05, 0.1) is 11.4 Å². The van der Waals surface area contributed by atoms with E-state index in [1.165, 1.54) is 0 Å². The average Bonchev–Trinajstić information content (AvgIpc) is 2.08. The van der Waals surface area contributed by atoms with E-state index in [2.05, 4.69) is 10.6 Å². The molecule has 0 fully saturated rings. The van der Waals surface area contributed by atoms with Crippen molar-refractivity contribution in [3.63, 3.8) is 0 Å². The summed E-state index contributed by atoms with van der Waals surface area (Å²) in [6, 6.07) is 5.22. The summed E-state index contributed by atoms with van der Waals surface area (Å²) in [6.07, 6.45) is 0. The molecular weight excluding hydrogens is 166 g/mol. The zero-order valence-corrected chi connectivity index (χ0v) is 7.29. The Balaban J connectivity index is 2.42. The van der Waals surface area contributed by atoms with E-state index in [4.69, 9.17) is 5.73 Å². The first-order valence-corrected chi connectivity index (χ1v) is 4.14. The number of carbonyl (C=O) groups is 1. The van der Waals surface area contributed by atoms with Crippen LogP contribution in [0, 0.1) is 0 Å². The van der Waals surface area contributed by atoms with Crippen molar-refractivity contribution in [3.8, 4) is 0 Å². The molecule has 0 spiro atoms. The summed E-state index contributed by atoms with van der Waals surface area (Å²) in [5, 5.41) is 5.84. The van der Waals surface area contributed by atoms with Crippen LogP contribution in [0.15, 0.2) is 18.2 Å². The van der Waals surface area contributed by atoms with Crippen molar-refractivity contribution in [2.75, 3.05) is 16.4 Å². The van der Waals surface area contributed by atoms with Crippen LogP contribution in [0.3, 0.4) is 0 Å². The van der Waals surface area contributed by atoms with Gasteiger partial charge in [-0.1, -0.05) is 0 Å². The Hall–Kier alpha value is -1.71. The minimum atomic E-state index is -0.184. The minimum absolute atomic E-state index is 0.0295. The van der Waals surface area contributed by atoms with Crippen LogP contribution in [0.25, 0.3) is 0 Å². The van der Waals surface area contributed by atoms with Gasteiger partial charge in [0.15, 0.2) is 0 Å². The molecule has 0 saturated carbocycles. The summed E-state index contributed by atoms with van der Waals surface area (Å²) in [6.45, 7) is 1.81. The first-order valence-electron chi connectivity index (χ1n) is 4.14. The van der Waals surface area contributed by atoms with E-state index in [1.54, 1.807) is 12.1 Å². The zero-order chi connectivity index (χ0) is 9.42. The van der Waals surface area contributed by atoms with Crippen LogP contribution in [-0.4, -0.2) is 11.9 Å². The number of nitrogen functional groups attached to an aromatic ring is 1. The van der Waals surface area contributed by atoms with E-state index in [1.807, 2.05) is 13.0 Å². The summed E-state index contributed by atoms with van der Waals surface area (Å²) in [5.41, 5.74) is 7.90. The molecule has 1 aliphatic heterocycles. The highest BCUT2D eigenvalue weighted by atomic mass is 16.2. The third kappa shape index (κ3) is 1.30. The predicted molar refractivity (Wildman–Crippen MR) is 52.6 cm³/mol. The molecule has 0 bridgehead atoms. The molecule has 4 N–H and O–H groups in total. The fourth-order valence-corrected chi connectivity index (χ4v) is 1.33. The number of nitrogens with one attached hydrogen (secondary N) is 2. The van der Waals surface area contributed by atoms with Gasteiger partial charge >= 0.3 is 0 Å². The van der Waals surface area contributed by atoms with Gasteiger partial charge in [0.25, 0.3) is 0 Å². The van der Waals surface area contributed by atoms with Gasteiger partial charge in [-0.15, -0.1) is 0 Å². The molecule has 4 heteroatoms. The Bertz CT molecular complexity index is 362. The molecule has 1 aliphatic rings. The second kappa shape index (κ2) is 2.65. The van der Waals surface area contributed by atoms with Crippen molar-refractivity contribution in [2.24, 2.45) is 0 Å². The Kier molecular flexibility index (Phi) is 1.62. The van der Waals surface area contributed by atoms with Crippen LogP contribution in [-0.2, 0) is 4.79 Å². The second-order valence-electron chi connectivity index (χ2n) is 3.16. The van der Waals surface area contributed by atoms with Crippen LogP contribution < -0.4 is 16.4 Å². The zero-order valence-electron chi connectivity index (χ0n) is 7.29. The van der Waals surface area contributed by atoms with Gasteiger partial charge in [0.2, 0.25) is 5.91 Å². The third-order valence-electron chi connectivity index (χ3n) is 2.07. The summed E-state index contributed by atoms with van der Waals surface area (Å²) < 4.78 is 0. The summed E-state index contributed by atoms with van der Waals surface area (Å²) >= 11 is 0. The lowest BCUT2D eigenvalue weighted by molar-refractivity contribution is -0.116. The maximum absolute atomic E-state index is 11.3. The lowest BCUT2D eigenvalue weighted by Crippen LogP contribution is -2.36. The first-order chi connectivity index (χ1) is 6.16. The molecule has 1 atom stereocenters. The Labute approximate surface area is 76.1 Å². The van der Waals surface area contributed by atoms with Crippen LogP contribution in [0.5, 0.6) is 0 Å². The lowest BCUT2D eigenvalue weighted by atomic mass is 10.1. The van der Waals surface area contributed by atoms with Gasteiger partial charge in [0, 0.05) is 5.69 Å². The number of hydrogen-bond acceptors (Lipinski definition) is 3. The molecule has 1 aromatic carbocycles. The molecular formula is C9H11N3O. The highest BCUT2D eigenvalue weighted by Crippen LogP contribution is 2.28. The van der Waals surface area contributed by atoms with Crippen molar-refractivity contribution in [3.05, 3.63) is 18.2 Å². The summed E-state index contributed by atoms with van der Waals surface area (Å²) in [5.74, 6) is -0.0295. The van der Waals surface area contributed by atoms with Gasteiger partial charge in [-0.25, -0.2) is 0 Å². The fourth-order valence-electron chi connectivity index (χ4n) is 1.33. The predicted octanol–water partition coefficient (Wildman–Crippen LogP) is 1.02. The molecule has 1 aromatic rings. The third-order valence-corrected chi connectivity index (χ3v) is 2.07. The number of hydrogen-bond donors (Lipinski definition) is 3. The minimum Gasteiger partial charge on any atom is -0.399 e. The van der Waals surface area contributed by atoms with Crippen molar-refractivity contribution < 1.29 is 4.79 Å². The fraction of sp³-hybridized carbons (Fsp3) is 0.222. The molecule has 0 radical (unpaired) electrons. The molecule has 4 nitrogen and oxygen atoms in total. The monoisotopic (exact) mass is 177 g/mol. The largest absolute Gasteiger partial charge is 0.399 e. The quantitative estimate of drug-likeness (QED) is 0.518. The molecule has 1 amide bonds. The van der Waals surface area contributed by atoms with E-state index in [0.717, 1.165) is 11.4 Å². The van der Waals surface area contributed by atoms with E-state index >= 15 is 0 Å². The van der Waals surface area contributed by atoms with Gasteiger partial charge in [-0.3, -0.25) is 4.79 Å². The van der Waals surface area contributed by atoms with Gasteiger partial charge < -0.3 is 16.4 Å². The lowest BCUT2D eigenvalue weighted by Gasteiger charge is -2.24. The normalized spacial score (nSPS) is 20.1. The molecule has 1 heterocycles. The highest BCUT2D eigenvalue weighted by Gasteiger charge is 2.20.